The van der Waals surface area contributed by atoms with Crippen molar-refractivity contribution in [2.75, 3.05) is 0 Å². The molecule has 2 aromatic heterocycles. The Balaban J connectivity index is 2.45. The van der Waals surface area contributed by atoms with Crippen molar-refractivity contribution in [1.82, 2.24) is 14.5 Å². The van der Waals surface area contributed by atoms with Crippen molar-refractivity contribution in [2.24, 2.45) is 0 Å². The number of hydrogen-bond donors (Lipinski definition) is 2. The van der Waals surface area contributed by atoms with Crippen LogP contribution in [-0.2, 0) is 6.54 Å². The number of nitrogens with zero attached hydrogens (tertiary/aromatic N) is 2. The number of H-pyrrole nitrogens is 1. The summed E-state index contributed by atoms with van der Waals surface area (Å²) in [6.45, 7) is 3.43. The maximum Gasteiger partial charge on any atom is 0.342 e. The number of aromatic nitrogens is 3. The standard InChI is InChI=1S/C11H11N3O5/c1-5-6(2)19-8(12-5)4-14-3-7(10(16)17)9(15)13-11(14)18/h3H,4H2,1-2H3,(H,16,17)(H,13,15,18). The van der Waals surface area contributed by atoms with Gasteiger partial charge in [-0.1, -0.05) is 0 Å². The third kappa shape index (κ3) is 2.46. The molecule has 0 saturated heterocycles. The molecule has 0 bridgehead atoms. The Morgan fingerprint density at radius 2 is 2.16 bits per heavy atom. The SMILES string of the molecule is Cc1nc(Cn2cc(C(=O)O)c(=O)[nH]c2=O)oc1C. The van der Waals surface area contributed by atoms with E-state index in [0.29, 0.717) is 11.5 Å². The second kappa shape index (κ2) is 4.56. The van der Waals surface area contributed by atoms with E-state index in [9.17, 15) is 14.4 Å². The summed E-state index contributed by atoms with van der Waals surface area (Å²) in [5, 5.41) is 8.82. The number of aromatic carboxylic acids is 1. The minimum atomic E-state index is -1.41. The zero-order chi connectivity index (χ0) is 14.2. The first kappa shape index (κ1) is 12.8. The number of oxazole rings is 1. The summed E-state index contributed by atoms with van der Waals surface area (Å²) in [7, 11) is 0. The Bertz CT molecular complexity index is 733. The number of carboxylic acid groups (broad SMARTS) is 1. The molecule has 2 rings (SSSR count). The van der Waals surface area contributed by atoms with Gasteiger partial charge in [-0.2, -0.15) is 0 Å². The number of aryl methyl sites for hydroxylation is 2. The topological polar surface area (TPSA) is 118 Å². The number of nitrogens with one attached hydrogen (secondary N) is 1. The summed E-state index contributed by atoms with van der Waals surface area (Å²) in [4.78, 5) is 39.6. The fourth-order valence-electron chi connectivity index (χ4n) is 1.53. The van der Waals surface area contributed by atoms with E-state index in [1.54, 1.807) is 13.8 Å². The van der Waals surface area contributed by atoms with Gasteiger partial charge in [-0.05, 0) is 13.8 Å². The zero-order valence-corrected chi connectivity index (χ0v) is 10.3. The molecule has 100 valence electrons. The Labute approximate surface area is 106 Å². The van der Waals surface area contributed by atoms with Crippen LogP contribution in [0.2, 0.25) is 0 Å². The molecule has 2 N–H and O–H groups in total. The lowest BCUT2D eigenvalue weighted by Crippen LogP contribution is -2.33. The van der Waals surface area contributed by atoms with Crippen molar-refractivity contribution in [3.05, 3.63) is 49.9 Å². The maximum absolute atomic E-state index is 11.6. The van der Waals surface area contributed by atoms with Crippen LogP contribution in [0, 0.1) is 13.8 Å². The number of carbonyl (C=O) groups is 1. The Morgan fingerprint density at radius 3 is 2.68 bits per heavy atom. The normalized spacial score (nSPS) is 10.6. The van der Waals surface area contributed by atoms with E-state index in [1.807, 2.05) is 4.98 Å². The second-order valence-corrected chi connectivity index (χ2v) is 3.98. The molecule has 8 heteroatoms. The predicted octanol–water partition coefficient (Wildman–Crippen LogP) is -0.112. The summed E-state index contributed by atoms with van der Waals surface area (Å²) in [6.07, 6.45) is 0.971. The van der Waals surface area contributed by atoms with Gasteiger partial charge in [-0.25, -0.2) is 14.6 Å². The van der Waals surface area contributed by atoms with Crippen LogP contribution in [0.1, 0.15) is 27.7 Å². The average molecular weight is 265 g/mol. The Kier molecular flexibility index (Phi) is 3.07. The summed E-state index contributed by atoms with van der Waals surface area (Å²) in [5.74, 6) is -0.527. The van der Waals surface area contributed by atoms with Crippen LogP contribution < -0.4 is 11.2 Å². The highest BCUT2D eigenvalue weighted by molar-refractivity contribution is 5.86. The van der Waals surface area contributed by atoms with E-state index in [1.165, 1.54) is 0 Å². The van der Waals surface area contributed by atoms with E-state index in [0.717, 1.165) is 10.8 Å². The minimum Gasteiger partial charge on any atom is -0.477 e. The van der Waals surface area contributed by atoms with Gasteiger partial charge in [0.15, 0.2) is 0 Å². The summed E-state index contributed by atoms with van der Waals surface area (Å²) in [5.41, 5.74) is -1.48. The first-order valence-electron chi connectivity index (χ1n) is 5.38. The van der Waals surface area contributed by atoms with Gasteiger partial charge in [0.05, 0.1) is 5.69 Å². The number of aromatic amines is 1. The van der Waals surface area contributed by atoms with Crippen LogP contribution in [0.4, 0.5) is 0 Å². The van der Waals surface area contributed by atoms with E-state index in [4.69, 9.17) is 9.52 Å². The molecule has 0 fully saturated rings. The van der Waals surface area contributed by atoms with Gasteiger partial charge in [0, 0.05) is 6.20 Å². The first-order valence-corrected chi connectivity index (χ1v) is 5.38. The van der Waals surface area contributed by atoms with E-state index < -0.39 is 22.8 Å². The van der Waals surface area contributed by atoms with Crippen LogP contribution in [0.25, 0.3) is 0 Å². The summed E-state index contributed by atoms with van der Waals surface area (Å²) in [6, 6.07) is 0. The van der Waals surface area contributed by atoms with Crippen LogP contribution in [0.15, 0.2) is 20.2 Å². The lowest BCUT2D eigenvalue weighted by molar-refractivity contribution is 0.0693. The first-order chi connectivity index (χ1) is 8.88. The van der Waals surface area contributed by atoms with Crippen molar-refractivity contribution in [3.8, 4) is 0 Å². The van der Waals surface area contributed by atoms with Gasteiger partial charge in [0.25, 0.3) is 5.56 Å². The summed E-state index contributed by atoms with van der Waals surface area (Å²) >= 11 is 0. The van der Waals surface area contributed by atoms with Crippen LogP contribution in [0.3, 0.4) is 0 Å². The second-order valence-electron chi connectivity index (χ2n) is 3.98. The smallest absolute Gasteiger partial charge is 0.342 e. The Hall–Kier alpha value is -2.64. The van der Waals surface area contributed by atoms with E-state index in [-0.39, 0.29) is 12.4 Å². The lowest BCUT2D eigenvalue weighted by Gasteiger charge is -2.02. The van der Waals surface area contributed by atoms with Crippen molar-refractivity contribution >= 4 is 5.97 Å². The molecule has 0 aliphatic rings. The fourth-order valence-corrected chi connectivity index (χ4v) is 1.53. The highest BCUT2D eigenvalue weighted by atomic mass is 16.4. The molecule has 0 unspecified atom stereocenters. The van der Waals surface area contributed by atoms with Crippen molar-refractivity contribution < 1.29 is 14.3 Å². The molecule has 0 atom stereocenters. The minimum absolute atomic E-state index is 0.0510. The third-order valence-electron chi connectivity index (χ3n) is 2.62. The molecule has 0 spiro atoms. The fraction of sp³-hybridized carbons (Fsp3) is 0.273. The largest absolute Gasteiger partial charge is 0.477 e. The van der Waals surface area contributed by atoms with E-state index in [2.05, 4.69) is 4.98 Å². The molecular weight excluding hydrogens is 254 g/mol. The number of carboxylic acids is 1. The van der Waals surface area contributed by atoms with Gasteiger partial charge in [0.1, 0.15) is 17.9 Å². The van der Waals surface area contributed by atoms with Crippen molar-refractivity contribution in [3.63, 3.8) is 0 Å². The maximum atomic E-state index is 11.6. The molecule has 19 heavy (non-hydrogen) atoms. The molecule has 2 aromatic rings. The number of hydrogen-bond acceptors (Lipinski definition) is 5. The predicted molar refractivity (Wildman–Crippen MR) is 63.4 cm³/mol. The zero-order valence-electron chi connectivity index (χ0n) is 10.3. The molecule has 0 radical (unpaired) electrons. The van der Waals surface area contributed by atoms with Gasteiger partial charge in [-0.15, -0.1) is 0 Å². The van der Waals surface area contributed by atoms with Crippen LogP contribution in [-0.4, -0.2) is 25.6 Å². The summed E-state index contributed by atoms with van der Waals surface area (Å²) < 4.78 is 6.32. The van der Waals surface area contributed by atoms with Crippen LogP contribution in [0.5, 0.6) is 0 Å². The van der Waals surface area contributed by atoms with Gasteiger partial charge in [0.2, 0.25) is 5.89 Å². The molecule has 2 heterocycles. The molecule has 0 aliphatic carbocycles. The molecule has 0 aliphatic heterocycles. The Morgan fingerprint density at radius 1 is 1.47 bits per heavy atom. The molecular formula is C11H11N3O5. The van der Waals surface area contributed by atoms with Gasteiger partial charge >= 0.3 is 11.7 Å². The van der Waals surface area contributed by atoms with Crippen molar-refractivity contribution in [1.29, 1.82) is 0 Å². The third-order valence-corrected chi connectivity index (χ3v) is 2.62. The molecule has 0 amide bonds. The molecule has 8 nitrogen and oxygen atoms in total. The molecule has 0 aromatic carbocycles. The monoisotopic (exact) mass is 265 g/mol. The highest BCUT2D eigenvalue weighted by Gasteiger charge is 2.13. The average Bonchev–Trinajstić information content (AvgIpc) is 2.61. The number of rotatable bonds is 3. The van der Waals surface area contributed by atoms with Crippen LogP contribution >= 0.6 is 0 Å². The van der Waals surface area contributed by atoms with Gasteiger partial charge in [-0.3, -0.25) is 14.3 Å². The highest BCUT2D eigenvalue weighted by Crippen LogP contribution is 2.08. The quantitative estimate of drug-likeness (QED) is 0.799. The lowest BCUT2D eigenvalue weighted by atomic mass is 10.3. The molecule has 0 saturated carbocycles. The van der Waals surface area contributed by atoms with E-state index >= 15 is 0 Å². The van der Waals surface area contributed by atoms with Gasteiger partial charge < -0.3 is 9.52 Å². The van der Waals surface area contributed by atoms with Crippen molar-refractivity contribution in [2.45, 2.75) is 20.4 Å².